The second kappa shape index (κ2) is 5.63. The number of anilines is 1. The molecule has 1 aliphatic rings. The number of carbonyl (C=O) groups is 1. The van der Waals surface area contributed by atoms with Gasteiger partial charge in [-0.1, -0.05) is 18.2 Å². The van der Waals surface area contributed by atoms with Gasteiger partial charge in [0, 0.05) is 5.69 Å². The minimum Gasteiger partial charge on any atom is -0.477 e. The van der Waals surface area contributed by atoms with Crippen LogP contribution in [0.1, 0.15) is 5.56 Å². The number of allylic oxidation sites excluding steroid dienone is 1. The Kier molecular flexibility index (Phi) is 5.19. The number of hydrogen-bond donors (Lipinski definition) is 2. The van der Waals surface area contributed by atoms with Crippen molar-refractivity contribution < 1.29 is 9.90 Å². The van der Waals surface area contributed by atoms with Gasteiger partial charge in [0.1, 0.15) is 5.70 Å². The van der Waals surface area contributed by atoms with Crippen molar-refractivity contribution in [2.24, 2.45) is 0 Å². The lowest BCUT2D eigenvalue weighted by molar-refractivity contribution is -0.132. The first-order chi connectivity index (χ1) is 6.27. The van der Waals surface area contributed by atoms with Crippen molar-refractivity contribution in [2.75, 3.05) is 5.32 Å². The molecule has 82 valence electrons. The summed E-state index contributed by atoms with van der Waals surface area (Å²) in [5.74, 6) is -0.908. The molecule has 0 radical (unpaired) electrons. The van der Waals surface area contributed by atoms with Crippen LogP contribution in [-0.2, 0) is 11.2 Å². The molecule has 0 fully saturated rings. The van der Waals surface area contributed by atoms with Crippen LogP contribution in [0.25, 0.3) is 0 Å². The zero-order valence-electron chi connectivity index (χ0n) is 7.77. The van der Waals surface area contributed by atoms with Gasteiger partial charge in [-0.05, 0) is 24.1 Å². The third-order valence-electron chi connectivity index (χ3n) is 2.04. The summed E-state index contributed by atoms with van der Waals surface area (Å²) in [5, 5.41) is 11.6. The van der Waals surface area contributed by atoms with Crippen molar-refractivity contribution in [3.05, 3.63) is 41.6 Å². The number of carboxylic acid groups (broad SMARTS) is 1. The molecule has 3 nitrogen and oxygen atoms in total. The van der Waals surface area contributed by atoms with Crippen LogP contribution < -0.4 is 5.32 Å². The van der Waals surface area contributed by atoms with Gasteiger partial charge in [0.2, 0.25) is 0 Å². The van der Waals surface area contributed by atoms with Crippen LogP contribution in [0.2, 0.25) is 0 Å². The zero-order chi connectivity index (χ0) is 9.26. The molecule has 15 heavy (non-hydrogen) atoms. The number of rotatable bonds is 1. The van der Waals surface area contributed by atoms with E-state index in [1.54, 1.807) is 6.08 Å². The van der Waals surface area contributed by atoms with Gasteiger partial charge in [0.25, 0.3) is 0 Å². The summed E-state index contributed by atoms with van der Waals surface area (Å²) in [7, 11) is 0. The number of fused-ring (bicyclic) bond motifs is 1. The van der Waals surface area contributed by atoms with Crippen LogP contribution in [0, 0.1) is 0 Å². The second-order valence-corrected chi connectivity index (χ2v) is 2.91. The molecule has 0 spiro atoms. The van der Waals surface area contributed by atoms with E-state index < -0.39 is 5.97 Å². The molecule has 1 heterocycles. The normalized spacial score (nSPS) is 12.1. The average Bonchev–Trinajstić information content (AvgIpc) is 2.17. The van der Waals surface area contributed by atoms with E-state index in [0.29, 0.717) is 6.42 Å². The predicted molar refractivity (Wildman–Crippen MR) is 64.0 cm³/mol. The molecule has 0 aromatic heterocycles. The fourth-order valence-electron chi connectivity index (χ4n) is 1.37. The highest BCUT2D eigenvalue weighted by Crippen LogP contribution is 2.22. The van der Waals surface area contributed by atoms with Crippen molar-refractivity contribution in [2.45, 2.75) is 6.42 Å². The van der Waals surface area contributed by atoms with E-state index in [2.05, 4.69) is 5.32 Å². The first-order valence-corrected chi connectivity index (χ1v) is 4.06. The summed E-state index contributed by atoms with van der Waals surface area (Å²) in [6, 6.07) is 7.69. The maximum absolute atomic E-state index is 10.6. The summed E-state index contributed by atoms with van der Waals surface area (Å²) >= 11 is 0. The van der Waals surface area contributed by atoms with Crippen molar-refractivity contribution >= 4 is 36.5 Å². The van der Waals surface area contributed by atoms with Gasteiger partial charge in [-0.25, -0.2) is 4.79 Å². The molecule has 0 saturated heterocycles. The molecule has 0 bridgehead atoms. The number of benzene rings is 1. The molecule has 2 N–H and O–H groups in total. The Labute approximate surface area is 100 Å². The number of para-hydroxylation sites is 1. The first kappa shape index (κ1) is 13.8. The smallest absolute Gasteiger partial charge is 0.351 e. The lowest BCUT2D eigenvalue weighted by Gasteiger charge is -2.15. The van der Waals surface area contributed by atoms with Gasteiger partial charge in [-0.2, -0.15) is 0 Å². The fraction of sp³-hybridized carbons (Fsp3) is 0.100. The Balaban J connectivity index is 0.000000980. The highest BCUT2D eigenvalue weighted by molar-refractivity contribution is 5.91. The molecule has 0 amide bonds. The zero-order valence-corrected chi connectivity index (χ0v) is 9.40. The Morgan fingerprint density at radius 1 is 1.27 bits per heavy atom. The van der Waals surface area contributed by atoms with E-state index in [-0.39, 0.29) is 30.5 Å². The maximum atomic E-state index is 10.6. The van der Waals surface area contributed by atoms with Crippen LogP contribution in [0.5, 0.6) is 0 Å². The molecule has 1 aliphatic heterocycles. The van der Waals surface area contributed by atoms with Gasteiger partial charge in [0.15, 0.2) is 0 Å². The van der Waals surface area contributed by atoms with Crippen molar-refractivity contribution in [1.29, 1.82) is 0 Å². The second-order valence-electron chi connectivity index (χ2n) is 2.91. The summed E-state index contributed by atoms with van der Waals surface area (Å²) in [6.45, 7) is 0. The summed E-state index contributed by atoms with van der Waals surface area (Å²) in [5.41, 5.74) is 2.29. The van der Waals surface area contributed by atoms with E-state index in [9.17, 15) is 4.79 Å². The molecule has 2 rings (SSSR count). The molecule has 0 aliphatic carbocycles. The summed E-state index contributed by atoms with van der Waals surface area (Å²) in [6.07, 6.45) is 2.37. The van der Waals surface area contributed by atoms with Gasteiger partial charge < -0.3 is 10.4 Å². The quantitative estimate of drug-likeness (QED) is 0.802. The molecular weight excluding hydrogens is 237 g/mol. The summed E-state index contributed by atoms with van der Waals surface area (Å²) in [4.78, 5) is 10.6. The van der Waals surface area contributed by atoms with E-state index >= 15 is 0 Å². The number of halogens is 2. The predicted octanol–water partition coefficient (Wildman–Crippen LogP) is 2.47. The third kappa shape index (κ3) is 2.88. The largest absolute Gasteiger partial charge is 0.477 e. The number of carboxylic acids is 1. The molecule has 1 aromatic rings. The first-order valence-electron chi connectivity index (χ1n) is 4.06. The average molecular weight is 248 g/mol. The molecule has 5 heteroatoms. The highest BCUT2D eigenvalue weighted by atomic mass is 35.5. The standard InChI is InChI=1S/C10H9NO2.2ClH/c12-10(13)9-6-5-7-3-1-2-4-8(7)11-9;;/h1-4,6,11H,5H2,(H,12,13);2*1H. The van der Waals surface area contributed by atoms with Crippen LogP contribution >= 0.6 is 24.8 Å². The summed E-state index contributed by atoms with van der Waals surface area (Å²) < 4.78 is 0. The Morgan fingerprint density at radius 3 is 2.60 bits per heavy atom. The van der Waals surface area contributed by atoms with Crippen molar-refractivity contribution in [1.82, 2.24) is 0 Å². The van der Waals surface area contributed by atoms with Crippen LogP contribution in [0.4, 0.5) is 5.69 Å². The van der Waals surface area contributed by atoms with Gasteiger partial charge in [-0.3, -0.25) is 0 Å². The lowest BCUT2D eigenvalue weighted by atomic mass is 10.1. The monoisotopic (exact) mass is 247 g/mol. The molecule has 0 saturated carbocycles. The maximum Gasteiger partial charge on any atom is 0.351 e. The SMILES string of the molecule is Cl.Cl.O=C(O)C1=CCc2ccccc2N1. The molecule has 0 unspecified atom stereocenters. The van der Waals surface area contributed by atoms with Crippen molar-refractivity contribution in [3.63, 3.8) is 0 Å². The number of nitrogens with one attached hydrogen (secondary N) is 1. The lowest BCUT2D eigenvalue weighted by Crippen LogP contribution is -2.15. The van der Waals surface area contributed by atoms with Crippen LogP contribution in [0.3, 0.4) is 0 Å². The number of hydrogen-bond acceptors (Lipinski definition) is 2. The van der Waals surface area contributed by atoms with E-state index in [4.69, 9.17) is 5.11 Å². The van der Waals surface area contributed by atoms with Crippen LogP contribution in [0.15, 0.2) is 36.0 Å². The number of aliphatic carboxylic acids is 1. The van der Waals surface area contributed by atoms with Gasteiger partial charge in [-0.15, -0.1) is 24.8 Å². The fourth-order valence-corrected chi connectivity index (χ4v) is 1.37. The van der Waals surface area contributed by atoms with Crippen molar-refractivity contribution in [3.8, 4) is 0 Å². The molecule has 0 atom stereocenters. The minimum absolute atomic E-state index is 0. The van der Waals surface area contributed by atoms with E-state index in [1.165, 1.54) is 0 Å². The van der Waals surface area contributed by atoms with Gasteiger partial charge in [0.05, 0.1) is 0 Å². The van der Waals surface area contributed by atoms with E-state index in [0.717, 1.165) is 11.3 Å². The van der Waals surface area contributed by atoms with E-state index in [1.807, 2.05) is 24.3 Å². The molecule has 1 aromatic carbocycles. The minimum atomic E-state index is -0.908. The van der Waals surface area contributed by atoms with Gasteiger partial charge >= 0.3 is 5.97 Å². The Bertz CT molecular complexity index is 391. The third-order valence-corrected chi connectivity index (χ3v) is 2.04. The topological polar surface area (TPSA) is 49.3 Å². The Morgan fingerprint density at radius 2 is 1.93 bits per heavy atom. The molecular formula is C10H11Cl2NO2. The highest BCUT2D eigenvalue weighted by Gasteiger charge is 2.13. The van der Waals surface area contributed by atoms with Crippen LogP contribution in [-0.4, -0.2) is 11.1 Å². The Hall–Kier alpha value is -1.19.